The van der Waals surface area contributed by atoms with E-state index in [-0.39, 0.29) is 6.04 Å². The molecule has 3 heteroatoms. The molecule has 0 aromatic heterocycles. The van der Waals surface area contributed by atoms with E-state index in [1.54, 1.807) is 0 Å². The summed E-state index contributed by atoms with van der Waals surface area (Å²) in [7, 11) is 0. The Balaban J connectivity index is 1.76. The Hall–Kier alpha value is -0.900. The maximum absolute atomic E-state index is 6.66. The van der Waals surface area contributed by atoms with Crippen molar-refractivity contribution in [2.24, 2.45) is 5.73 Å². The maximum atomic E-state index is 6.66. The Morgan fingerprint density at radius 1 is 1.24 bits per heavy atom. The van der Waals surface area contributed by atoms with Crippen molar-refractivity contribution in [2.75, 3.05) is 19.7 Å². The molecule has 0 radical (unpaired) electrons. The molecule has 21 heavy (non-hydrogen) atoms. The number of nitrogens with two attached hydrogens (primary N) is 1. The number of nitrogens with zero attached hydrogens (tertiary/aromatic N) is 1. The van der Waals surface area contributed by atoms with E-state index < -0.39 is 0 Å². The van der Waals surface area contributed by atoms with Gasteiger partial charge in [-0.25, -0.2) is 0 Å². The zero-order valence-corrected chi connectivity index (χ0v) is 13.1. The number of aryl methyl sites for hydroxylation is 1. The molecule has 0 amide bonds. The van der Waals surface area contributed by atoms with E-state index in [9.17, 15) is 0 Å². The highest BCUT2D eigenvalue weighted by atomic mass is 16.5. The second kappa shape index (κ2) is 6.91. The Labute approximate surface area is 128 Å². The van der Waals surface area contributed by atoms with Crippen molar-refractivity contribution < 1.29 is 4.74 Å². The molecule has 1 saturated heterocycles. The van der Waals surface area contributed by atoms with E-state index in [1.165, 1.54) is 36.8 Å². The summed E-state index contributed by atoms with van der Waals surface area (Å²) >= 11 is 0. The van der Waals surface area contributed by atoms with Crippen LogP contribution in [0.15, 0.2) is 24.3 Å². The fourth-order valence-corrected chi connectivity index (χ4v) is 3.93. The normalized spacial score (nSPS) is 29.4. The van der Waals surface area contributed by atoms with Crippen LogP contribution in [0.4, 0.5) is 0 Å². The summed E-state index contributed by atoms with van der Waals surface area (Å²) in [5, 5.41) is 0. The van der Waals surface area contributed by atoms with Crippen molar-refractivity contribution in [3.63, 3.8) is 0 Å². The molecule has 0 spiro atoms. The molecule has 3 atom stereocenters. The molecule has 116 valence electrons. The number of rotatable bonds is 4. The van der Waals surface area contributed by atoms with Gasteiger partial charge in [-0.1, -0.05) is 31.2 Å². The summed E-state index contributed by atoms with van der Waals surface area (Å²) in [5.74, 6) is 0. The summed E-state index contributed by atoms with van der Waals surface area (Å²) in [6, 6.07) is 9.30. The molecule has 1 heterocycles. The lowest BCUT2D eigenvalue weighted by molar-refractivity contribution is 0.0518. The van der Waals surface area contributed by atoms with Crippen molar-refractivity contribution in [1.29, 1.82) is 0 Å². The topological polar surface area (TPSA) is 38.5 Å². The third-order valence-electron chi connectivity index (χ3n) is 5.11. The largest absolute Gasteiger partial charge is 0.377 e. The van der Waals surface area contributed by atoms with E-state index in [0.29, 0.717) is 12.1 Å². The number of fused-ring (bicyclic) bond motifs is 1. The molecule has 2 N–H and O–H groups in total. The van der Waals surface area contributed by atoms with Crippen molar-refractivity contribution in [3.8, 4) is 0 Å². The summed E-state index contributed by atoms with van der Waals surface area (Å²) < 4.78 is 5.83. The van der Waals surface area contributed by atoms with E-state index in [4.69, 9.17) is 10.5 Å². The molecule has 2 aliphatic rings. The smallest absolute Gasteiger partial charge is 0.0702 e. The predicted molar refractivity (Wildman–Crippen MR) is 86.3 cm³/mol. The van der Waals surface area contributed by atoms with Crippen LogP contribution in [0.3, 0.4) is 0 Å². The van der Waals surface area contributed by atoms with Gasteiger partial charge >= 0.3 is 0 Å². The highest BCUT2D eigenvalue weighted by Gasteiger charge is 2.30. The van der Waals surface area contributed by atoms with E-state index >= 15 is 0 Å². The SMILES string of the molecule is CCN(CC1CCCO1)C1CCCc2ccccc2C1N. The first-order chi connectivity index (χ1) is 10.3. The lowest BCUT2D eigenvalue weighted by atomic mass is 9.95. The monoisotopic (exact) mass is 288 g/mol. The average molecular weight is 288 g/mol. The van der Waals surface area contributed by atoms with Gasteiger partial charge < -0.3 is 10.5 Å². The minimum atomic E-state index is 0.130. The highest BCUT2D eigenvalue weighted by molar-refractivity contribution is 5.32. The van der Waals surface area contributed by atoms with Gasteiger partial charge in [-0.3, -0.25) is 4.90 Å². The van der Waals surface area contributed by atoms with Crippen LogP contribution in [0.5, 0.6) is 0 Å². The lowest BCUT2D eigenvalue weighted by Gasteiger charge is -2.35. The standard InChI is InChI=1S/C18H28N2O/c1-2-20(13-15-9-6-12-21-15)17-11-5-8-14-7-3-4-10-16(14)18(17)19/h3-4,7,10,15,17-18H,2,5-6,8-9,11-13,19H2,1H3. The zero-order chi connectivity index (χ0) is 14.7. The molecule has 1 aliphatic carbocycles. The van der Waals surface area contributed by atoms with Crippen LogP contribution in [0.1, 0.15) is 49.8 Å². The molecule has 3 unspecified atom stereocenters. The molecule has 3 rings (SSSR count). The predicted octanol–water partition coefficient (Wildman–Crippen LogP) is 2.89. The van der Waals surface area contributed by atoms with Crippen molar-refractivity contribution in [1.82, 2.24) is 4.90 Å². The Bertz CT molecular complexity index is 456. The Kier molecular flexibility index (Phi) is 4.94. The van der Waals surface area contributed by atoms with Crippen LogP contribution >= 0.6 is 0 Å². The van der Waals surface area contributed by atoms with Gasteiger partial charge in [0.25, 0.3) is 0 Å². The molecule has 1 aliphatic heterocycles. The van der Waals surface area contributed by atoms with Crippen LogP contribution in [0.2, 0.25) is 0 Å². The van der Waals surface area contributed by atoms with Crippen LogP contribution in [-0.4, -0.2) is 36.7 Å². The lowest BCUT2D eigenvalue weighted by Crippen LogP contribution is -2.45. The van der Waals surface area contributed by atoms with E-state index in [2.05, 4.69) is 36.1 Å². The molecular weight excluding hydrogens is 260 g/mol. The molecule has 1 aromatic rings. The molecule has 1 fully saturated rings. The maximum Gasteiger partial charge on any atom is 0.0702 e. The molecule has 3 nitrogen and oxygen atoms in total. The first-order valence-corrected chi connectivity index (χ1v) is 8.48. The van der Waals surface area contributed by atoms with Crippen molar-refractivity contribution in [2.45, 2.75) is 57.2 Å². The van der Waals surface area contributed by atoms with E-state index in [1.807, 2.05) is 0 Å². The van der Waals surface area contributed by atoms with Gasteiger partial charge in [0, 0.05) is 25.2 Å². The minimum Gasteiger partial charge on any atom is -0.377 e. The van der Waals surface area contributed by atoms with Gasteiger partial charge in [0.2, 0.25) is 0 Å². The molecular formula is C18H28N2O. The van der Waals surface area contributed by atoms with Gasteiger partial charge in [0.05, 0.1) is 6.10 Å². The summed E-state index contributed by atoms with van der Waals surface area (Å²) in [4.78, 5) is 2.56. The fourth-order valence-electron chi connectivity index (χ4n) is 3.93. The molecule has 0 saturated carbocycles. The number of hydrogen-bond donors (Lipinski definition) is 1. The minimum absolute atomic E-state index is 0.130. The van der Waals surface area contributed by atoms with Gasteiger partial charge in [0.1, 0.15) is 0 Å². The number of hydrogen-bond acceptors (Lipinski definition) is 3. The van der Waals surface area contributed by atoms with E-state index in [0.717, 1.165) is 26.1 Å². The average Bonchev–Trinajstić information content (AvgIpc) is 2.97. The molecule has 1 aromatic carbocycles. The van der Waals surface area contributed by atoms with Gasteiger partial charge in [-0.15, -0.1) is 0 Å². The number of likely N-dealkylation sites (N-methyl/N-ethyl adjacent to an activating group) is 1. The first-order valence-electron chi connectivity index (χ1n) is 8.48. The molecule has 0 bridgehead atoms. The third kappa shape index (κ3) is 3.31. The highest BCUT2D eigenvalue weighted by Crippen LogP contribution is 2.31. The number of ether oxygens (including phenoxy) is 1. The fraction of sp³-hybridized carbons (Fsp3) is 0.667. The van der Waals surface area contributed by atoms with Crippen LogP contribution in [0, 0.1) is 0 Å². The van der Waals surface area contributed by atoms with Gasteiger partial charge in [-0.2, -0.15) is 0 Å². The van der Waals surface area contributed by atoms with Gasteiger partial charge in [0.15, 0.2) is 0 Å². The third-order valence-corrected chi connectivity index (χ3v) is 5.11. The number of benzene rings is 1. The van der Waals surface area contributed by atoms with Crippen LogP contribution in [0.25, 0.3) is 0 Å². The van der Waals surface area contributed by atoms with Crippen LogP contribution < -0.4 is 5.73 Å². The Morgan fingerprint density at radius 2 is 2.10 bits per heavy atom. The zero-order valence-electron chi connectivity index (χ0n) is 13.1. The van der Waals surface area contributed by atoms with Crippen LogP contribution in [-0.2, 0) is 11.2 Å². The quantitative estimate of drug-likeness (QED) is 0.866. The Morgan fingerprint density at radius 3 is 2.86 bits per heavy atom. The first kappa shape index (κ1) is 15.0. The summed E-state index contributed by atoms with van der Waals surface area (Å²) in [5.41, 5.74) is 9.46. The van der Waals surface area contributed by atoms with Gasteiger partial charge in [-0.05, 0) is 49.8 Å². The van der Waals surface area contributed by atoms with Crippen molar-refractivity contribution in [3.05, 3.63) is 35.4 Å². The summed E-state index contributed by atoms with van der Waals surface area (Å²) in [6.07, 6.45) is 6.42. The van der Waals surface area contributed by atoms with Crippen molar-refractivity contribution >= 4 is 0 Å². The second-order valence-corrected chi connectivity index (χ2v) is 6.41. The second-order valence-electron chi connectivity index (χ2n) is 6.41. The summed E-state index contributed by atoms with van der Waals surface area (Å²) in [6.45, 7) is 5.28.